The fourth-order valence-corrected chi connectivity index (χ4v) is 2.84. The van der Waals surface area contributed by atoms with Gasteiger partial charge in [-0.15, -0.1) is 11.8 Å². The van der Waals surface area contributed by atoms with Crippen molar-refractivity contribution in [2.75, 3.05) is 25.5 Å². The quantitative estimate of drug-likeness (QED) is 0.364. The summed E-state index contributed by atoms with van der Waals surface area (Å²) in [5.41, 5.74) is 5.39. The molecular weight excluding hydrogens is 368 g/mol. The molecule has 0 spiro atoms. The minimum absolute atomic E-state index is 0.166. The fraction of sp³-hybridized carbons (Fsp3) is 0.211. The van der Waals surface area contributed by atoms with Gasteiger partial charge in [-0.1, -0.05) is 30.3 Å². The molecule has 0 aromatic heterocycles. The molecule has 0 atom stereocenters. The summed E-state index contributed by atoms with van der Waals surface area (Å²) in [4.78, 5) is 35.7. The van der Waals surface area contributed by atoms with Crippen molar-refractivity contribution >= 4 is 29.5 Å². The molecule has 0 bridgehead atoms. The van der Waals surface area contributed by atoms with Crippen molar-refractivity contribution in [1.82, 2.24) is 5.32 Å². The molecule has 0 aliphatic carbocycles. The van der Waals surface area contributed by atoms with Crippen molar-refractivity contribution in [3.05, 3.63) is 60.2 Å². The molecule has 2 aromatic rings. The maximum atomic E-state index is 11.7. The lowest BCUT2D eigenvalue weighted by atomic mass is 10.2. The zero-order valence-electron chi connectivity index (χ0n) is 14.6. The lowest BCUT2D eigenvalue weighted by Crippen LogP contribution is -2.31. The van der Waals surface area contributed by atoms with E-state index in [0.29, 0.717) is 12.3 Å². The highest BCUT2D eigenvalue weighted by molar-refractivity contribution is 7.99. The van der Waals surface area contributed by atoms with Crippen LogP contribution < -0.4 is 15.8 Å². The van der Waals surface area contributed by atoms with Crippen LogP contribution in [-0.2, 0) is 14.3 Å². The second-order valence-corrected chi connectivity index (χ2v) is 6.49. The first-order chi connectivity index (χ1) is 13.1. The Morgan fingerprint density at radius 2 is 1.67 bits per heavy atom. The van der Waals surface area contributed by atoms with Crippen LogP contribution in [0, 0.1) is 0 Å². The molecule has 3 N–H and O–H groups in total. The van der Waals surface area contributed by atoms with E-state index in [-0.39, 0.29) is 11.3 Å². The topological polar surface area (TPSA) is 108 Å². The Morgan fingerprint density at radius 1 is 0.963 bits per heavy atom. The highest BCUT2D eigenvalue weighted by atomic mass is 32.2. The van der Waals surface area contributed by atoms with Crippen molar-refractivity contribution in [3.8, 4) is 5.75 Å². The molecular formula is C19H20N2O5S. The molecule has 0 saturated carbocycles. The first-order valence-electron chi connectivity index (χ1n) is 8.18. The lowest BCUT2D eigenvalue weighted by molar-refractivity contribution is -0.150. The van der Waals surface area contributed by atoms with Crippen LogP contribution in [-0.4, -0.2) is 43.3 Å². The zero-order valence-corrected chi connectivity index (χ0v) is 15.4. The largest absolute Gasteiger partial charge is 0.481 e. The number of hydrogen-bond acceptors (Lipinski definition) is 6. The highest BCUT2D eigenvalue weighted by Gasteiger charge is 2.12. The predicted octanol–water partition coefficient (Wildman–Crippen LogP) is 1.62. The van der Waals surface area contributed by atoms with E-state index >= 15 is 0 Å². The van der Waals surface area contributed by atoms with Gasteiger partial charge in [-0.05, 0) is 24.3 Å². The average molecular weight is 388 g/mol. The van der Waals surface area contributed by atoms with E-state index in [4.69, 9.17) is 15.2 Å². The Balaban J connectivity index is 1.62. The molecule has 0 fully saturated rings. The summed E-state index contributed by atoms with van der Waals surface area (Å²) in [6, 6.07) is 16.1. The van der Waals surface area contributed by atoms with E-state index in [9.17, 15) is 14.4 Å². The fourth-order valence-electron chi connectivity index (χ4n) is 2.05. The molecule has 142 valence electrons. The first-order valence-corrected chi connectivity index (χ1v) is 9.16. The molecule has 2 rings (SSSR count). The van der Waals surface area contributed by atoms with Crippen LogP contribution in [0.3, 0.4) is 0 Å². The molecule has 27 heavy (non-hydrogen) atoms. The number of nitrogens with two attached hydrogens (primary N) is 1. The van der Waals surface area contributed by atoms with Gasteiger partial charge in [0.2, 0.25) is 0 Å². The van der Waals surface area contributed by atoms with Gasteiger partial charge < -0.3 is 20.5 Å². The van der Waals surface area contributed by atoms with Crippen LogP contribution >= 0.6 is 11.8 Å². The smallest absolute Gasteiger partial charge is 0.344 e. The summed E-state index contributed by atoms with van der Waals surface area (Å²) in [7, 11) is 0. The number of nitrogens with one attached hydrogen (secondary N) is 1. The van der Waals surface area contributed by atoms with Crippen LogP contribution in [0.25, 0.3) is 0 Å². The van der Waals surface area contributed by atoms with Crippen molar-refractivity contribution in [3.63, 3.8) is 0 Å². The van der Waals surface area contributed by atoms with E-state index in [1.54, 1.807) is 23.9 Å². The zero-order chi connectivity index (χ0) is 19.5. The van der Waals surface area contributed by atoms with Crippen molar-refractivity contribution in [1.29, 1.82) is 0 Å². The third-order valence-corrected chi connectivity index (χ3v) is 4.31. The normalized spacial score (nSPS) is 10.1. The molecule has 2 aromatic carbocycles. The highest BCUT2D eigenvalue weighted by Crippen LogP contribution is 2.17. The summed E-state index contributed by atoms with van der Waals surface area (Å²) in [6.45, 7) is -0.366. The standard InChI is InChI=1S/C19H20N2O5S/c20-19(24)15-8-4-5-9-16(15)25-13-18(23)26-12-17(22)21-10-11-27-14-6-2-1-3-7-14/h1-9H,10-13H2,(H2,20,24)(H,21,22). The number of hydrogen-bond donors (Lipinski definition) is 2. The molecule has 0 aliphatic heterocycles. The maximum absolute atomic E-state index is 11.7. The van der Waals surface area contributed by atoms with Gasteiger partial charge in [-0.2, -0.15) is 0 Å². The number of para-hydroxylation sites is 1. The van der Waals surface area contributed by atoms with Crippen LogP contribution in [0.2, 0.25) is 0 Å². The van der Waals surface area contributed by atoms with Crippen LogP contribution in [0.5, 0.6) is 5.75 Å². The minimum Gasteiger partial charge on any atom is -0.481 e. The van der Waals surface area contributed by atoms with Gasteiger partial charge in [0.05, 0.1) is 5.56 Å². The van der Waals surface area contributed by atoms with E-state index in [1.807, 2.05) is 30.3 Å². The average Bonchev–Trinajstić information content (AvgIpc) is 2.69. The second kappa shape index (κ2) is 10.9. The molecule has 0 aliphatic rings. The van der Waals surface area contributed by atoms with E-state index in [1.165, 1.54) is 12.1 Å². The van der Waals surface area contributed by atoms with Crippen molar-refractivity contribution in [2.45, 2.75) is 4.90 Å². The number of amides is 2. The van der Waals surface area contributed by atoms with E-state index < -0.39 is 31.0 Å². The van der Waals surface area contributed by atoms with Gasteiger partial charge in [0.15, 0.2) is 13.2 Å². The molecule has 8 heteroatoms. The van der Waals surface area contributed by atoms with Gasteiger partial charge in [-0.25, -0.2) is 4.79 Å². The number of ether oxygens (including phenoxy) is 2. The number of carbonyl (C=O) groups is 3. The number of esters is 1. The summed E-state index contributed by atoms with van der Waals surface area (Å²) in [5.74, 6) is -0.884. The predicted molar refractivity (Wildman–Crippen MR) is 102 cm³/mol. The lowest BCUT2D eigenvalue weighted by Gasteiger charge is -2.09. The van der Waals surface area contributed by atoms with Crippen LogP contribution in [0.15, 0.2) is 59.5 Å². The first kappa shape index (κ1) is 20.3. The van der Waals surface area contributed by atoms with Crippen molar-refractivity contribution in [2.24, 2.45) is 5.73 Å². The maximum Gasteiger partial charge on any atom is 0.344 e. The van der Waals surface area contributed by atoms with Crippen molar-refractivity contribution < 1.29 is 23.9 Å². The SMILES string of the molecule is NC(=O)c1ccccc1OCC(=O)OCC(=O)NCCSc1ccccc1. The number of rotatable bonds is 10. The molecule has 0 saturated heterocycles. The van der Waals surface area contributed by atoms with Gasteiger partial charge in [0.25, 0.3) is 11.8 Å². The number of carbonyl (C=O) groups excluding carboxylic acids is 3. The molecule has 0 heterocycles. The monoisotopic (exact) mass is 388 g/mol. The molecule has 0 unspecified atom stereocenters. The van der Waals surface area contributed by atoms with Crippen LogP contribution in [0.4, 0.5) is 0 Å². The Hall–Kier alpha value is -3.00. The van der Waals surface area contributed by atoms with E-state index in [2.05, 4.69) is 5.32 Å². The van der Waals surface area contributed by atoms with Gasteiger partial charge in [0.1, 0.15) is 5.75 Å². The number of benzene rings is 2. The Bertz CT molecular complexity index is 783. The summed E-state index contributed by atoms with van der Waals surface area (Å²) in [5, 5.41) is 2.67. The number of primary amides is 1. The third kappa shape index (κ3) is 7.41. The second-order valence-electron chi connectivity index (χ2n) is 5.32. The molecule has 2 amide bonds. The summed E-state index contributed by atoms with van der Waals surface area (Å²) < 4.78 is 10.1. The Labute approximate surface area is 161 Å². The summed E-state index contributed by atoms with van der Waals surface area (Å²) in [6.07, 6.45) is 0. The summed E-state index contributed by atoms with van der Waals surface area (Å²) >= 11 is 1.62. The third-order valence-electron chi connectivity index (χ3n) is 3.30. The number of thioether (sulfide) groups is 1. The van der Waals surface area contributed by atoms with Gasteiger partial charge in [-0.3, -0.25) is 9.59 Å². The minimum atomic E-state index is -0.719. The Morgan fingerprint density at radius 3 is 2.41 bits per heavy atom. The van der Waals surface area contributed by atoms with Crippen LogP contribution in [0.1, 0.15) is 10.4 Å². The van der Waals surface area contributed by atoms with Gasteiger partial charge in [0, 0.05) is 17.2 Å². The van der Waals surface area contributed by atoms with Gasteiger partial charge >= 0.3 is 5.97 Å². The Kier molecular flexibility index (Phi) is 8.18. The van der Waals surface area contributed by atoms with E-state index in [0.717, 1.165) is 4.90 Å². The molecule has 7 nitrogen and oxygen atoms in total. The molecule has 0 radical (unpaired) electrons.